The summed E-state index contributed by atoms with van der Waals surface area (Å²) in [6, 6.07) is 2.10. The standard InChI is InChI=1S/C13H17F4N/c1-4-8(2)12(18-3)10-7-9(14)5-6-11(10)13(15,16)17/h5-8,12,18H,4H2,1-3H3. The van der Waals surface area contributed by atoms with Gasteiger partial charge in [-0.3, -0.25) is 0 Å². The van der Waals surface area contributed by atoms with E-state index >= 15 is 0 Å². The predicted molar refractivity (Wildman–Crippen MR) is 62.7 cm³/mol. The minimum Gasteiger partial charge on any atom is -0.313 e. The van der Waals surface area contributed by atoms with Crippen molar-refractivity contribution in [1.82, 2.24) is 5.32 Å². The van der Waals surface area contributed by atoms with Crippen molar-refractivity contribution in [2.45, 2.75) is 32.5 Å². The molecule has 0 bridgehead atoms. The number of rotatable bonds is 4. The highest BCUT2D eigenvalue weighted by molar-refractivity contribution is 5.33. The van der Waals surface area contributed by atoms with Crippen LogP contribution in [0.5, 0.6) is 0 Å². The molecule has 0 aliphatic carbocycles. The van der Waals surface area contributed by atoms with Gasteiger partial charge in [-0.25, -0.2) is 4.39 Å². The summed E-state index contributed by atoms with van der Waals surface area (Å²) in [5.74, 6) is -0.667. The normalized spacial score (nSPS) is 15.5. The van der Waals surface area contributed by atoms with Gasteiger partial charge in [0.05, 0.1) is 5.56 Å². The summed E-state index contributed by atoms with van der Waals surface area (Å²) in [7, 11) is 1.59. The van der Waals surface area contributed by atoms with Gasteiger partial charge in [-0.2, -0.15) is 13.2 Å². The second kappa shape index (κ2) is 5.69. The molecule has 0 aliphatic rings. The quantitative estimate of drug-likeness (QED) is 0.805. The number of halogens is 4. The molecule has 0 saturated heterocycles. The Bertz CT molecular complexity index is 400. The van der Waals surface area contributed by atoms with Crippen LogP contribution >= 0.6 is 0 Å². The van der Waals surface area contributed by atoms with Gasteiger partial charge >= 0.3 is 6.18 Å². The highest BCUT2D eigenvalue weighted by Crippen LogP contribution is 2.37. The summed E-state index contributed by atoms with van der Waals surface area (Å²) in [6.07, 6.45) is -3.76. The van der Waals surface area contributed by atoms with E-state index in [4.69, 9.17) is 0 Å². The van der Waals surface area contributed by atoms with Gasteiger partial charge in [0.15, 0.2) is 0 Å². The van der Waals surface area contributed by atoms with Crippen molar-refractivity contribution in [1.29, 1.82) is 0 Å². The number of alkyl halides is 3. The first-order chi connectivity index (χ1) is 8.31. The van der Waals surface area contributed by atoms with Crippen molar-refractivity contribution >= 4 is 0 Å². The van der Waals surface area contributed by atoms with Gasteiger partial charge in [-0.1, -0.05) is 20.3 Å². The molecule has 1 N–H and O–H groups in total. The molecule has 0 heterocycles. The minimum absolute atomic E-state index is 0.0158. The van der Waals surface area contributed by atoms with Gasteiger partial charge < -0.3 is 5.32 Å². The Hall–Kier alpha value is -1.10. The first-order valence-corrected chi connectivity index (χ1v) is 5.85. The van der Waals surface area contributed by atoms with Gasteiger partial charge in [0.25, 0.3) is 0 Å². The molecule has 1 nitrogen and oxygen atoms in total. The molecule has 5 heteroatoms. The maximum atomic E-state index is 13.2. The molecule has 1 aromatic rings. The Morgan fingerprint density at radius 3 is 2.33 bits per heavy atom. The van der Waals surface area contributed by atoms with Crippen LogP contribution in [0.25, 0.3) is 0 Å². The molecule has 0 radical (unpaired) electrons. The summed E-state index contributed by atoms with van der Waals surface area (Å²) in [4.78, 5) is 0. The van der Waals surface area contributed by atoms with Crippen molar-refractivity contribution in [3.8, 4) is 0 Å². The van der Waals surface area contributed by atoms with E-state index in [0.717, 1.165) is 18.2 Å². The van der Waals surface area contributed by atoms with Crippen LogP contribution < -0.4 is 5.32 Å². The SMILES string of the molecule is CCC(C)C(NC)c1cc(F)ccc1C(F)(F)F. The fourth-order valence-electron chi connectivity index (χ4n) is 2.03. The summed E-state index contributed by atoms with van der Waals surface area (Å²) < 4.78 is 51.9. The zero-order chi connectivity index (χ0) is 13.9. The lowest BCUT2D eigenvalue weighted by atomic mass is 9.89. The summed E-state index contributed by atoms with van der Waals surface area (Å²) >= 11 is 0. The Morgan fingerprint density at radius 2 is 1.89 bits per heavy atom. The lowest BCUT2D eigenvalue weighted by Crippen LogP contribution is -2.26. The molecule has 0 fully saturated rings. The second-order valence-electron chi connectivity index (χ2n) is 4.38. The number of benzene rings is 1. The van der Waals surface area contributed by atoms with Crippen LogP contribution in [-0.2, 0) is 6.18 Å². The lowest BCUT2D eigenvalue weighted by Gasteiger charge is -2.26. The maximum Gasteiger partial charge on any atom is 0.416 e. The van der Waals surface area contributed by atoms with Crippen LogP contribution in [0.1, 0.15) is 37.4 Å². The highest BCUT2D eigenvalue weighted by Gasteiger charge is 2.36. The van der Waals surface area contributed by atoms with E-state index in [-0.39, 0.29) is 11.5 Å². The molecule has 18 heavy (non-hydrogen) atoms. The van der Waals surface area contributed by atoms with Crippen LogP contribution in [0.3, 0.4) is 0 Å². The Kier molecular flexibility index (Phi) is 4.73. The van der Waals surface area contributed by atoms with Crippen molar-refractivity contribution in [3.63, 3.8) is 0 Å². The van der Waals surface area contributed by atoms with Gasteiger partial charge in [0, 0.05) is 6.04 Å². The van der Waals surface area contributed by atoms with Gasteiger partial charge in [0.1, 0.15) is 5.82 Å². The molecule has 1 rings (SSSR count). The van der Waals surface area contributed by atoms with Crippen LogP contribution in [0.2, 0.25) is 0 Å². The zero-order valence-corrected chi connectivity index (χ0v) is 10.6. The number of hydrogen-bond donors (Lipinski definition) is 1. The lowest BCUT2D eigenvalue weighted by molar-refractivity contribution is -0.138. The maximum absolute atomic E-state index is 13.2. The van der Waals surface area contributed by atoms with E-state index < -0.39 is 23.6 Å². The molecule has 0 saturated carbocycles. The summed E-state index contributed by atoms with van der Waals surface area (Å²) in [5, 5.41) is 2.84. The van der Waals surface area contributed by atoms with E-state index in [0.29, 0.717) is 6.42 Å². The average Bonchev–Trinajstić information content (AvgIpc) is 2.28. The Balaban J connectivity index is 3.31. The van der Waals surface area contributed by atoms with Crippen LogP contribution in [0.4, 0.5) is 17.6 Å². The summed E-state index contributed by atoms with van der Waals surface area (Å²) in [6.45, 7) is 3.73. The molecule has 102 valence electrons. The molecule has 2 atom stereocenters. The largest absolute Gasteiger partial charge is 0.416 e. The Morgan fingerprint density at radius 1 is 1.28 bits per heavy atom. The topological polar surface area (TPSA) is 12.0 Å². The third kappa shape index (κ3) is 3.22. The van der Waals surface area contributed by atoms with Crippen LogP contribution in [-0.4, -0.2) is 7.05 Å². The molecular formula is C13H17F4N. The van der Waals surface area contributed by atoms with Crippen molar-refractivity contribution in [2.24, 2.45) is 5.92 Å². The van der Waals surface area contributed by atoms with E-state index in [2.05, 4.69) is 5.32 Å². The first kappa shape index (κ1) is 15.0. The van der Waals surface area contributed by atoms with Crippen molar-refractivity contribution in [3.05, 3.63) is 35.1 Å². The molecule has 2 unspecified atom stereocenters. The molecule has 0 aliphatic heterocycles. The smallest absolute Gasteiger partial charge is 0.313 e. The third-order valence-electron chi connectivity index (χ3n) is 3.18. The number of hydrogen-bond acceptors (Lipinski definition) is 1. The van der Waals surface area contributed by atoms with Crippen molar-refractivity contribution in [2.75, 3.05) is 7.05 Å². The molecule has 0 amide bonds. The molecule has 0 aromatic heterocycles. The second-order valence-corrected chi connectivity index (χ2v) is 4.38. The van der Waals surface area contributed by atoms with Gasteiger partial charge in [-0.15, -0.1) is 0 Å². The van der Waals surface area contributed by atoms with E-state index in [1.54, 1.807) is 7.05 Å². The third-order valence-corrected chi connectivity index (χ3v) is 3.18. The monoisotopic (exact) mass is 263 g/mol. The average molecular weight is 263 g/mol. The predicted octanol–water partition coefficient (Wildman–Crippen LogP) is 4.15. The van der Waals surface area contributed by atoms with E-state index in [1.165, 1.54) is 0 Å². The van der Waals surface area contributed by atoms with Crippen molar-refractivity contribution < 1.29 is 17.6 Å². The first-order valence-electron chi connectivity index (χ1n) is 5.85. The van der Waals surface area contributed by atoms with Crippen LogP contribution in [0.15, 0.2) is 18.2 Å². The molecule has 0 spiro atoms. The summed E-state index contributed by atoms with van der Waals surface area (Å²) in [5.41, 5.74) is -0.803. The molecular weight excluding hydrogens is 246 g/mol. The zero-order valence-electron chi connectivity index (χ0n) is 10.6. The Labute approximate surface area is 104 Å². The van der Waals surface area contributed by atoms with Gasteiger partial charge in [0.2, 0.25) is 0 Å². The highest BCUT2D eigenvalue weighted by atomic mass is 19.4. The van der Waals surface area contributed by atoms with Gasteiger partial charge in [-0.05, 0) is 36.7 Å². The molecule has 1 aromatic carbocycles. The fourth-order valence-corrected chi connectivity index (χ4v) is 2.03. The van der Waals surface area contributed by atoms with Crippen LogP contribution in [0, 0.1) is 11.7 Å². The van der Waals surface area contributed by atoms with E-state index in [9.17, 15) is 17.6 Å². The minimum atomic E-state index is -4.47. The van der Waals surface area contributed by atoms with E-state index in [1.807, 2.05) is 13.8 Å². The number of nitrogens with one attached hydrogen (secondary N) is 1. The fraction of sp³-hybridized carbons (Fsp3) is 0.538.